The van der Waals surface area contributed by atoms with Crippen LogP contribution in [0.15, 0.2) is 53.4 Å². The Hall–Kier alpha value is -2.49. The van der Waals surface area contributed by atoms with Crippen molar-refractivity contribution in [3.05, 3.63) is 59.9 Å². The zero-order valence-corrected chi connectivity index (χ0v) is 18.9. The molecule has 2 aromatic rings. The van der Waals surface area contributed by atoms with Crippen LogP contribution in [0, 0.1) is 5.82 Å². The van der Waals surface area contributed by atoms with Gasteiger partial charge in [0, 0.05) is 44.5 Å². The third-order valence-electron chi connectivity index (χ3n) is 5.50. The number of amides is 1. The molecule has 0 aromatic heterocycles. The molecule has 9 heteroatoms. The van der Waals surface area contributed by atoms with Gasteiger partial charge in [0.05, 0.1) is 17.5 Å². The van der Waals surface area contributed by atoms with Crippen LogP contribution in [-0.2, 0) is 14.8 Å². The lowest BCUT2D eigenvalue weighted by atomic mass is 10.0. The third kappa shape index (κ3) is 5.61. The van der Waals surface area contributed by atoms with Crippen molar-refractivity contribution in [3.63, 3.8) is 0 Å². The van der Waals surface area contributed by atoms with Crippen LogP contribution in [0.1, 0.15) is 18.5 Å². The third-order valence-corrected chi connectivity index (χ3v) is 7.31. The number of carbonyl (C=O) groups excluding carboxylic acids is 1. The first-order valence-electron chi connectivity index (χ1n) is 10.2. The standard InChI is InChI=1S/C22H29FN4O3S/c1-17(20-15-18(23)9-10-21(20)27-13-11-25(2)12-14-27)24-22(28)16-26(3)31(29,30)19-7-5-4-6-8-19/h4-10,15,17H,11-14,16H2,1-3H3,(H,24,28). The van der Waals surface area contributed by atoms with Gasteiger partial charge in [-0.05, 0) is 44.3 Å². The van der Waals surface area contributed by atoms with Crippen molar-refractivity contribution in [3.8, 4) is 0 Å². The van der Waals surface area contributed by atoms with Crippen molar-refractivity contribution in [2.24, 2.45) is 0 Å². The van der Waals surface area contributed by atoms with E-state index in [1.807, 2.05) is 0 Å². The Morgan fingerprint density at radius 1 is 1.13 bits per heavy atom. The second kappa shape index (κ2) is 9.76. The van der Waals surface area contributed by atoms with Crippen LogP contribution in [0.2, 0.25) is 0 Å². The van der Waals surface area contributed by atoms with Crippen molar-refractivity contribution >= 4 is 21.6 Å². The van der Waals surface area contributed by atoms with E-state index in [0.29, 0.717) is 5.56 Å². The monoisotopic (exact) mass is 448 g/mol. The average Bonchev–Trinajstić information content (AvgIpc) is 2.75. The Balaban J connectivity index is 1.70. The van der Waals surface area contributed by atoms with Gasteiger partial charge in [0.1, 0.15) is 5.82 Å². The summed E-state index contributed by atoms with van der Waals surface area (Å²) in [5, 5.41) is 2.82. The maximum absolute atomic E-state index is 14.0. The smallest absolute Gasteiger partial charge is 0.243 e. The molecule has 31 heavy (non-hydrogen) atoms. The zero-order valence-electron chi connectivity index (χ0n) is 18.1. The molecule has 7 nitrogen and oxygen atoms in total. The fourth-order valence-electron chi connectivity index (χ4n) is 3.63. The van der Waals surface area contributed by atoms with E-state index in [1.165, 1.54) is 31.3 Å². The van der Waals surface area contributed by atoms with Gasteiger partial charge in [0.2, 0.25) is 15.9 Å². The number of likely N-dealkylation sites (N-methyl/N-ethyl adjacent to an activating group) is 2. The minimum Gasteiger partial charge on any atom is -0.369 e. The Morgan fingerprint density at radius 3 is 2.42 bits per heavy atom. The van der Waals surface area contributed by atoms with Crippen molar-refractivity contribution in [1.82, 2.24) is 14.5 Å². The molecule has 1 amide bonds. The zero-order chi connectivity index (χ0) is 22.6. The Labute approximate surface area is 183 Å². The molecule has 0 aliphatic carbocycles. The van der Waals surface area contributed by atoms with E-state index in [0.717, 1.165) is 36.2 Å². The van der Waals surface area contributed by atoms with Gasteiger partial charge in [-0.25, -0.2) is 12.8 Å². The lowest BCUT2D eigenvalue weighted by molar-refractivity contribution is -0.121. The molecule has 1 aliphatic heterocycles. The summed E-state index contributed by atoms with van der Waals surface area (Å²) in [7, 11) is -0.345. The van der Waals surface area contributed by atoms with E-state index >= 15 is 0 Å². The van der Waals surface area contributed by atoms with Crippen LogP contribution in [0.25, 0.3) is 0 Å². The molecule has 1 unspecified atom stereocenters. The first kappa shape index (κ1) is 23.2. The van der Waals surface area contributed by atoms with Crippen molar-refractivity contribution in [1.29, 1.82) is 0 Å². The molecule has 0 bridgehead atoms. The van der Waals surface area contributed by atoms with Crippen LogP contribution >= 0.6 is 0 Å². The maximum Gasteiger partial charge on any atom is 0.243 e. The molecule has 1 fully saturated rings. The molecule has 0 spiro atoms. The van der Waals surface area contributed by atoms with Crippen molar-refractivity contribution in [2.75, 3.05) is 51.7 Å². The predicted molar refractivity (Wildman–Crippen MR) is 119 cm³/mol. The molecule has 1 atom stereocenters. The highest BCUT2D eigenvalue weighted by atomic mass is 32.2. The number of carbonyl (C=O) groups is 1. The highest BCUT2D eigenvalue weighted by Crippen LogP contribution is 2.28. The lowest BCUT2D eigenvalue weighted by Crippen LogP contribution is -2.45. The van der Waals surface area contributed by atoms with Crippen LogP contribution in [0.4, 0.5) is 10.1 Å². The lowest BCUT2D eigenvalue weighted by Gasteiger charge is -2.36. The fourth-order valence-corrected chi connectivity index (χ4v) is 4.78. The summed E-state index contributed by atoms with van der Waals surface area (Å²) >= 11 is 0. The minimum absolute atomic E-state index is 0.126. The van der Waals surface area contributed by atoms with Gasteiger partial charge in [0.15, 0.2) is 0 Å². The van der Waals surface area contributed by atoms with Crippen LogP contribution in [0.3, 0.4) is 0 Å². The molecule has 1 heterocycles. The van der Waals surface area contributed by atoms with Gasteiger partial charge in [-0.3, -0.25) is 4.79 Å². The summed E-state index contributed by atoms with van der Waals surface area (Å²) in [6.45, 7) is 4.87. The molecule has 1 saturated heterocycles. The van der Waals surface area contributed by atoms with Crippen molar-refractivity contribution in [2.45, 2.75) is 17.9 Å². The van der Waals surface area contributed by atoms with Gasteiger partial charge in [-0.15, -0.1) is 0 Å². The van der Waals surface area contributed by atoms with Gasteiger partial charge < -0.3 is 15.1 Å². The number of nitrogens with zero attached hydrogens (tertiary/aromatic N) is 3. The first-order chi connectivity index (χ1) is 14.7. The van der Waals surface area contributed by atoms with E-state index in [4.69, 9.17) is 0 Å². The van der Waals surface area contributed by atoms with Crippen LogP contribution < -0.4 is 10.2 Å². The average molecular weight is 449 g/mol. The molecular weight excluding hydrogens is 419 g/mol. The van der Waals surface area contributed by atoms with E-state index in [9.17, 15) is 17.6 Å². The molecular formula is C22H29FN4O3S. The van der Waals surface area contributed by atoms with Gasteiger partial charge in [-0.1, -0.05) is 18.2 Å². The normalized spacial score (nSPS) is 16.4. The molecule has 1 N–H and O–H groups in total. The number of hydrogen-bond donors (Lipinski definition) is 1. The number of rotatable bonds is 7. The molecule has 0 radical (unpaired) electrons. The number of nitrogens with one attached hydrogen (secondary N) is 1. The predicted octanol–water partition coefficient (Wildman–Crippen LogP) is 2.08. The van der Waals surface area contributed by atoms with Gasteiger partial charge in [0.25, 0.3) is 0 Å². The topological polar surface area (TPSA) is 73.0 Å². The van der Waals surface area contributed by atoms with Crippen LogP contribution in [-0.4, -0.2) is 70.3 Å². The quantitative estimate of drug-likeness (QED) is 0.702. The van der Waals surface area contributed by atoms with Crippen LogP contribution in [0.5, 0.6) is 0 Å². The van der Waals surface area contributed by atoms with Gasteiger partial charge in [-0.2, -0.15) is 4.31 Å². The number of anilines is 1. The number of benzene rings is 2. The molecule has 1 aliphatic rings. The molecule has 3 rings (SSSR count). The van der Waals surface area contributed by atoms with E-state index in [1.54, 1.807) is 31.2 Å². The number of sulfonamides is 1. The van der Waals surface area contributed by atoms with E-state index in [-0.39, 0.29) is 17.3 Å². The summed E-state index contributed by atoms with van der Waals surface area (Å²) in [6.07, 6.45) is 0. The highest BCUT2D eigenvalue weighted by molar-refractivity contribution is 7.89. The Kier molecular flexibility index (Phi) is 7.30. The SMILES string of the molecule is CC(NC(=O)CN(C)S(=O)(=O)c1ccccc1)c1cc(F)ccc1N1CCN(C)CC1. The Bertz CT molecular complexity index is 1010. The summed E-state index contributed by atoms with van der Waals surface area (Å²) < 4.78 is 40.3. The number of piperazine rings is 1. The van der Waals surface area contributed by atoms with E-state index < -0.39 is 22.0 Å². The first-order valence-corrected chi connectivity index (χ1v) is 11.7. The summed E-state index contributed by atoms with van der Waals surface area (Å²) in [4.78, 5) is 17.1. The second-order valence-electron chi connectivity index (χ2n) is 7.86. The summed E-state index contributed by atoms with van der Waals surface area (Å²) in [5.41, 5.74) is 1.55. The minimum atomic E-state index is -3.77. The highest BCUT2D eigenvalue weighted by Gasteiger charge is 2.25. The van der Waals surface area contributed by atoms with Gasteiger partial charge >= 0.3 is 0 Å². The molecule has 0 saturated carbocycles. The second-order valence-corrected chi connectivity index (χ2v) is 9.90. The fraction of sp³-hybridized carbons (Fsp3) is 0.409. The molecule has 168 valence electrons. The number of halogens is 1. The maximum atomic E-state index is 14.0. The van der Waals surface area contributed by atoms with Crippen molar-refractivity contribution < 1.29 is 17.6 Å². The Morgan fingerprint density at radius 2 is 1.77 bits per heavy atom. The summed E-state index contributed by atoms with van der Waals surface area (Å²) in [5.74, 6) is -0.833. The number of hydrogen-bond acceptors (Lipinski definition) is 5. The molecule has 2 aromatic carbocycles. The summed E-state index contributed by atoms with van der Waals surface area (Å²) in [6, 6.07) is 12.1. The largest absolute Gasteiger partial charge is 0.369 e. The van der Waals surface area contributed by atoms with E-state index in [2.05, 4.69) is 22.2 Å².